The molecule has 2 heterocycles. The number of hydrogen-bond donors (Lipinski definition) is 0. The number of halogens is 3. The standard InChI is InChI=1S/C24H22F3N3O3/c25-17-11-21(24(32)29-8-4-7-18(29)12-28)30(13-17)23(31)16-9-19(26)22(20(27)10-16)33-14-15-5-2-1-3-6-15/h1-3,5-6,9-10,17-18,21H,4,7-8,11,13-14H2/t17?,18-,21-/m0/s1. The maximum atomic E-state index is 14.6. The van der Waals surface area contributed by atoms with Crippen molar-refractivity contribution < 1.29 is 27.5 Å². The highest BCUT2D eigenvalue weighted by Gasteiger charge is 2.44. The summed E-state index contributed by atoms with van der Waals surface area (Å²) in [5.74, 6) is -4.14. The summed E-state index contributed by atoms with van der Waals surface area (Å²) < 4.78 is 48.7. The third-order valence-corrected chi connectivity index (χ3v) is 5.95. The Morgan fingerprint density at radius 2 is 1.82 bits per heavy atom. The molecule has 2 fully saturated rings. The molecule has 0 aromatic heterocycles. The highest BCUT2D eigenvalue weighted by atomic mass is 19.1. The molecule has 0 spiro atoms. The lowest BCUT2D eigenvalue weighted by molar-refractivity contribution is -0.135. The minimum atomic E-state index is -1.45. The normalized spacial score (nSPS) is 22.3. The van der Waals surface area contributed by atoms with Gasteiger partial charge in [-0.25, -0.2) is 13.2 Å². The SMILES string of the molecule is N#C[C@@H]1CCCN1C(=O)[C@@H]1CC(F)CN1C(=O)c1cc(F)c(OCc2ccccc2)c(F)c1. The molecule has 2 amide bonds. The number of benzene rings is 2. The zero-order valence-electron chi connectivity index (χ0n) is 17.7. The molecule has 9 heteroatoms. The first kappa shape index (κ1) is 22.6. The number of rotatable bonds is 5. The van der Waals surface area contributed by atoms with Crippen LogP contribution < -0.4 is 4.74 Å². The number of nitriles is 1. The lowest BCUT2D eigenvalue weighted by atomic mass is 10.1. The fraction of sp³-hybridized carbons (Fsp3) is 0.375. The topological polar surface area (TPSA) is 73.6 Å². The predicted molar refractivity (Wildman–Crippen MR) is 112 cm³/mol. The van der Waals surface area contributed by atoms with E-state index in [2.05, 4.69) is 0 Å². The number of carbonyl (C=O) groups excluding carboxylic acids is 2. The molecule has 3 atom stereocenters. The number of nitrogens with zero attached hydrogens (tertiary/aromatic N) is 3. The van der Waals surface area contributed by atoms with Crippen molar-refractivity contribution in [3.05, 3.63) is 65.2 Å². The van der Waals surface area contributed by atoms with Crippen LogP contribution in [0.4, 0.5) is 13.2 Å². The van der Waals surface area contributed by atoms with Crippen LogP contribution in [-0.4, -0.2) is 53.0 Å². The van der Waals surface area contributed by atoms with Gasteiger partial charge in [0.15, 0.2) is 17.4 Å². The smallest absolute Gasteiger partial charge is 0.254 e. The highest BCUT2D eigenvalue weighted by Crippen LogP contribution is 2.30. The number of carbonyl (C=O) groups is 2. The van der Waals surface area contributed by atoms with Gasteiger partial charge in [-0.2, -0.15) is 5.26 Å². The lowest BCUT2D eigenvalue weighted by Crippen LogP contribution is -2.49. The Morgan fingerprint density at radius 1 is 1.12 bits per heavy atom. The van der Waals surface area contributed by atoms with Crippen LogP contribution in [0.3, 0.4) is 0 Å². The molecule has 0 N–H and O–H groups in total. The monoisotopic (exact) mass is 457 g/mol. The molecule has 2 aliphatic heterocycles. The van der Waals surface area contributed by atoms with E-state index in [4.69, 9.17) is 4.74 Å². The summed E-state index contributed by atoms with van der Waals surface area (Å²) >= 11 is 0. The van der Waals surface area contributed by atoms with Gasteiger partial charge in [0.1, 0.15) is 24.9 Å². The lowest BCUT2D eigenvalue weighted by Gasteiger charge is -2.29. The van der Waals surface area contributed by atoms with E-state index >= 15 is 0 Å². The van der Waals surface area contributed by atoms with Crippen molar-refractivity contribution >= 4 is 11.8 Å². The molecule has 0 saturated carbocycles. The third kappa shape index (κ3) is 4.65. The van der Waals surface area contributed by atoms with E-state index in [0.717, 1.165) is 17.0 Å². The molecule has 2 aromatic rings. The molecular weight excluding hydrogens is 435 g/mol. The summed E-state index contributed by atoms with van der Waals surface area (Å²) in [4.78, 5) is 28.3. The first-order valence-electron chi connectivity index (χ1n) is 10.7. The summed E-state index contributed by atoms with van der Waals surface area (Å²) in [6.45, 7) is -0.0802. The molecule has 2 aliphatic rings. The number of alkyl halides is 1. The molecule has 6 nitrogen and oxygen atoms in total. The number of ether oxygens (including phenoxy) is 1. The maximum absolute atomic E-state index is 14.6. The van der Waals surface area contributed by atoms with Crippen LogP contribution in [0.1, 0.15) is 35.2 Å². The van der Waals surface area contributed by atoms with Crippen molar-refractivity contribution in [2.75, 3.05) is 13.1 Å². The van der Waals surface area contributed by atoms with Crippen molar-refractivity contribution in [3.63, 3.8) is 0 Å². The Morgan fingerprint density at radius 3 is 2.48 bits per heavy atom. The van der Waals surface area contributed by atoms with Gasteiger partial charge >= 0.3 is 0 Å². The first-order chi connectivity index (χ1) is 15.9. The predicted octanol–water partition coefficient (Wildman–Crippen LogP) is 3.61. The van der Waals surface area contributed by atoms with Crippen LogP contribution in [-0.2, 0) is 11.4 Å². The Bertz CT molecular complexity index is 1070. The zero-order valence-corrected chi connectivity index (χ0v) is 17.7. The van der Waals surface area contributed by atoms with Crippen LogP contribution in [0.2, 0.25) is 0 Å². The highest BCUT2D eigenvalue weighted by molar-refractivity contribution is 5.98. The molecule has 33 heavy (non-hydrogen) atoms. The second-order valence-corrected chi connectivity index (χ2v) is 8.17. The zero-order chi connectivity index (χ0) is 23.5. The summed E-state index contributed by atoms with van der Waals surface area (Å²) in [7, 11) is 0. The maximum Gasteiger partial charge on any atom is 0.254 e. The average Bonchev–Trinajstić information content (AvgIpc) is 3.44. The van der Waals surface area contributed by atoms with Gasteiger partial charge in [-0.05, 0) is 30.5 Å². The van der Waals surface area contributed by atoms with Crippen LogP contribution in [0, 0.1) is 23.0 Å². The molecule has 0 aliphatic carbocycles. The van der Waals surface area contributed by atoms with Crippen molar-refractivity contribution in [1.29, 1.82) is 5.26 Å². The Hall–Kier alpha value is -3.54. The fourth-order valence-electron chi connectivity index (χ4n) is 4.32. The largest absolute Gasteiger partial charge is 0.483 e. The second kappa shape index (κ2) is 9.53. The van der Waals surface area contributed by atoms with Crippen molar-refractivity contribution in [2.24, 2.45) is 0 Å². The van der Waals surface area contributed by atoms with E-state index in [-0.39, 0.29) is 25.1 Å². The summed E-state index contributed by atoms with van der Waals surface area (Å²) in [6, 6.07) is 10.8. The van der Waals surface area contributed by atoms with Crippen molar-refractivity contribution in [2.45, 2.75) is 44.1 Å². The molecule has 172 valence electrons. The Labute approximate surface area is 189 Å². The minimum Gasteiger partial charge on any atom is -0.483 e. The molecule has 0 bridgehead atoms. The van der Waals surface area contributed by atoms with E-state index in [0.29, 0.717) is 24.9 Å². The first-order valence-corrected chi connectivity index (χ1v) is 10.7. The van der Waals surface area contributed by atoms with Crippen LogP contribution >= 0.6 is 0 Å². The minimum absolute atomic E-state index is 0.0654. The van der Waals surface area contributed by atoms with Crippen LogP contribution in [0.15, 0.2) is 42.5 Å². The number of likely N-dealkylation sites (tertiary alicyclic amines) is 2. The van der Waals surface area contributed by atoms with Gasteiger partial charge in [-0.1, -0.05) is 30.3 Å². The molecule has 2 saturated heterocycles. The summed E-state index contributed by atoms with van der Waals surface area (Å²) in [5.41, 5.74) is 0.365. The number of hydrogen-bond acceptors (Lipinski definition) is 4. The van der Waals surface area contributed by atoms with E-state index in [1.165, 1.54) is 4.90 Å². The van der Waals surface area contributed by atoms with Gasteiger partial charge in [0.05, 0.1) is 12.6 Å². The number of amides is 2. The Kier molecular flexibility index (Phi) is 6.54. The second-order valence-electron chi connectivity index (χ2n) is 8.17. The Balaban J connectivity index is 1.52. The van der Waals surface area contributed by atoms with Crippen molar-refractivity contribution in [3.8, 4) is 11.8 Å². The van der Waals surface area contributed by atoms with E-state index in [1.807, 2.05) is 6.07 Å². The fourth-order valence-corrected chi connectivity index (χ4v) is 4.32. The molecule has 4 rings (SSSR count). The van der Waals surface area contributed by atoms with Gasteiger partial charge in [-0.15, -0.1) is 0 Å². The van der Waals surface area contributed by atoms with Gasteiger partial charge in [0.2, 0.25) is 5.91 Å². The molecular formula is C24H22F3N3O3. The van der Waals surface area contributed by atoms with Crippen molar-refractivity contribution in [1.82, 2.24) is 9.80 Å². The van der Waals surface area contributed by atoms with Gasteiger partial charge in [-0.3, -0.25) is 9.59 Å². The third-order valence-electron chi connectivity index (χ3n) is 5.95. The van der Waals surface area contributed by atoms with Crippen LogP contribution in [0.25, 0.3) is 0 Å². The molecule has 1 unspecified atom stereocenters. The quantitative estimate of drug-likeness (QED) is 0.688. The summed E-state index contributed by atoms with van der Waals surface area (Å²) in [6.07, 6.45) is -0.509. The van der Waals surface area contributed by atoms with Gasteiger partial charge in [0, 0.05) is 18.5 Å². The molecule has 0 radical (unpaired) electrons. The molecule has 2 aromatic carbocycles. The summed E-state index contributed by atoms with van der Waals surface area (Å²) in [5, 5.41) is 9.24. The van der Waals surface area contributed by atoms with E-state index in [9.17, 15) is 28.0 Å². The van der Waals surface area contributed by atoms with Gasteiger partial charge in [0.25, 0.3) is 5.91 Å². The van der Waals surface area contributed by atoms with Crippen LogP contribution in [0.5, 0.6) is 5.75 Å². The average molecular weight is 457 g/mol. The van der Waals surface area contributed by atoms with E-state index in [1.54, 1.807) is 30.3 Å². The van der Waals surface area contributed by atoms with E-state index < -0.39 is 47.5 Å². The van der Waals surface area contributed by atoms with Gasteiger partial charge < -0.3 is 14.5 Å².